The fourth-order valence-corrected chi connectivity index (χ4v) is 3.03. The lowest BCUT2D eigenvalue weighted by molar-refractivity contribution is 0.0919. The highest BCUT2D eigenvalue weighted by Gasteiger charge is 2.20. The molecule has 1 amide bonds. The molecule has 2 N–H and O–H groups in total. The van der Waals surface area contributed by atoms with Gasteiger partial charge in [0.1, 0.15) is 5.69 Å². The lowest BCUT2D eigenvalue weighted by Gasteiger charge is -2.21. The van der Waals surface area contributed by atoms with Crippen LogP contribution in [0.5, 0.6) is 0 Å². The van der Waals surface area contributed by atoms with Crippen molar-refractivity contribution < 1.29 is 4.79 Å². The van der Waals surface area contributed by atoms with Crippen molar-refractivity contribution >= 4 is 17.5 Å². The Balaban J connectivity index is 2.15. The Morgan fingerprint density at radius 2 is 1.75 bits per heavy atom. The molecule has 146 valence electrons. The van der Waals surface area contributed by atoms with Crippen molar-refractivity contribution in [1.29, 1.82) is 0 Å². The van der Waals surface area contributed by atoms with E-state index in [0.717, 1.165) is 16.8 Å². The normalized spacial score (nSPS) is 11.7. The van der Waals surface area contributed by atoms with E-state index in [4.69, 9.17) is 16.6 Å². The Kier molecular flexibility index (Phi) is 5.57. The molecule has 0 aliphatic rings. The number of carbonyl (C=O) groups excluding carboxylic acids is 1. The number of pyridine rings is 1. The van der Waals surface area contributed by atoms with Crippen molar-refractivity contribution in [3.05, 3.63) is 58.7 Å². The van der Waals surface area contributed by atoms with E-state index in [1.165, 1.54) is 0 Å². The minimum absolute atomic E-state index is 0.145. The van der Waals surface area contributed by atoms with E-state index >= 15 is 0 Å². The maximum Gasteiger partial charge on any atom is 0.251 e. The quantitative estimate of drug-likeness (QED) is 0.616. The first-order valence-corrected chi connectivity index (χ1v) is 9.66. The second-order valence-electron chi connectivity index (χ2n) is 8.18. The largest absolute Gasteiger partial charge is 0.347 e. The van der Waals surface area contributed by atoms with Gasteiger partial charge in [0, 0.05) is 33.4 Å². The molecule has 6 heteroatoms. The molecular formula is C22H25ClN4O. The molecule has 0 unspecified atom stereocenters. The van der Waals surface area contributed by atoms with Gasteiger partial charge in [0.2, 0.25) is 0 Å². The average Bonchev–Trinajstić information content (AvgIpc) is 3.10. The lowest BCUT2D eigenvalue weighted by atomic mass is 10.00. The Morgan fingerprint density at radius 3 is 2.36 bits per heavy atom. The number of nitrogens with zero attached hydrogens (tertiary/aromatic N) is 2. The van der Waals surface area contributed by atoms with Gasteiger partial charge in [-0.05, 0) is 51.0 Å². The molecule has 28 heavy (non-hydrogen) atoms. The van der Waals surface area contributed by atoms with E-state index in [0.29, 0.717) is 22.0 Å². The molecule has 0 spiro atoms. The zero-order chi connectivity index (χ0) is 20.5. The van der Waals surface area contributed by atoms with Crippen LogP contribution in [0.25, 0.3) is 22.6 Å². The molecule has 0 aliphatic carbocycles. The predicted molar refractivity (Wildman–Crippen MR) is 114 cm³/mol. The third-order valence-corrected chi connectivity index (χ3v) is 4.50. The highest BCUT2D eigenvalue weighted by atomic mass is 35.5. The van der Waals surface area contributed by atoms with Gasteiger partial charge < -0.3 is 5.32 Å². The minimum Gasteiger partial charge on any atom is -0.347 e. The molecule has 0 saturated carbocycles. The molecule has 0 bridgehead atoms. The highest BCUT2D eigenvalue weighted by Crippen LogP contribution is 2.29. The zero-order valence-corrected chi connectivity index (χ0v) is 17.6. The molecule has 0 atom stereocenters. The summed E-state index contributed by atoms with van der Waals surface area (Å²) in [6, 6.07) is 11.0. The van der Waals surface area contributed by atoms with Crippen LogP contribution in [-0.4, -0.2) is 26.6 Å². The summed E-state index contributed by atoms with van der Waals surface area (Å²) in [7, 11) is 0. The van der Waals surface area contributed by atoms with Gasteiger partial charge in [0.25, 0.3) is 5.91 Å². The molecular weight excluding hydrogens is 372 g/mol. The van der Waals surface area contributed by atoms with Gasteiger partial charge in [-0.1, -0.05) is 37.6 Å². The molecule has 0 radical (unpaired) electrons. The molecule has 2 heterocycles. The van der Waals surface area contributed by atoms with Gasteiger partial charge in [-0.15, -0.1) is 0 Å². The van der Waals surface area contributed by atoms with Gasteiger partial charge in [0.05, 0.1) is 11.4 Å². The number of halogens is 1. The SMILES string of the molecule is CC(C)c1c[nH]nc1-c1cc(C(=O)NC(C)(C)C)cc(-c2ccc(Cl)cc2)n1. The fraction of sp³-hybridized carbons (Fsp3) is 0.318. The van der Waals surface area contributed by atoms with Gasteiger partial charge >= 0.3 is 0 Å². The molecule has 0 fully saturated rings. The second kappa shape index (κ2) is 7.76. The number of aromatic nitrogens is 3. The molecule has 2 aromatic heterocycles. The van der Waals surface area contributed by atoms with Crippen molar-refractivity contribution in [1.82, 2.24) is 20.5 Å². The smallest absolute Gasteiger partial charge is 0.251 e. The van der Waals surface area contributed by atoms with Crippen LogP contribution in [0.15, 0.2) is 42.6 Å². The molecule has 1 aromatic carbocycles. The summed E-state index contributed by atoms with van der Waals surface area (Å²) in [5.74, 6) is 0.134. The Hall–Kier alpha value is -2.66. The average molecular weight is 397 g/mol. The summed E-state index contributed by atoms with van der Waals surface area (Å²) in [6.07, 6.45) is 1.88. The van der Waals surface area contributed by atoms with E-state index in [1.807, 2.05) is 51.2 Å². The third kappa shape index (κ3) is 4.60. The number of aromatic amines is 1. The van der Waals surface area contributed by atoms with Crippen LogP contribution in [0.3, 0.4) is 0 Å². The van der Waals surface area contributed by atoms with Crippen LogP contribution in [0.1, 0.15) is 56.5 Å². The van der Waals surface area contributed by atoms with Gasteiger partial charge in [-0.2, -0.15) is 5.10 Å². The fourth-order valence-electron chi connectivity index (χ4n) is 2.91. The number of rotatable bonds is 4. The summed E-state index contributed by atoms with van der Waals surface area (Å²) in [5.41, 5.74) is 4.28. The van der Waals surface area contributed by atoms with Crippen LogP contribution >= 0.6 is 11.6 Å². The molecule has 5 nitrogen and oxygen atoms in total. The van der Waals surface area contributed by atoms with Crippen LogP contribution in [0.2, 0.25) is 5.02 Å². The number of nitrogens with one attached hydrogen (secondary N) is 2. The van der Waals surface area contributed by atoms with E-state index in [2.05, 4.69) is 29.4 Å². The molecule has 3 aromatic rings. The van der Waals surface area contributed by atoms with Crippen LogP contribution < -0.4 is 5.32 Å². The molecule has 0 saturated heterocycles. The molecule has 3 rings (SSSR count). The lowest BCUT2D eigenvalue weighted by Crippen LogP contribution is -2.40. The number of hydrogen-bond acceptors (Lipinski definition) is 3. The zero-order valence-electron chi connectivity index (χ0n) is 16.8. The first-order chi connectivity index (χ1) is 13.1. The van der Waals surface area contributed by atoms with E-state index < -0.39 is 0 Å². The standard InChI is InChI=1S/C22H25ClN4O/c1-13(2)17-12-24-27-20(17)19-11-15(21(28)26-22(3,4)5)10-18(25-19)14-6-8-16(23)9-7-14/h6-13H,1-5H3,(H,24,27)(H,26,28). The summed E-state index contributed by atoms with van der Waals surface area (Å²) in [6.45, 7) is 10.1. The van der Waals surface area contributed by atoms with Gasteiger partial charge in [-0.3, -0.25) is 9.89 Å². The monoisotopic (exact) mass is 396 g/mol. The van der Waals surface area contributed by atoms with Crippen LogP contribution in [0, 0.1) is 0 Å². The van der Waals surface area contributed by atoms with Crippen LogP contribution in [-0.2, 0) is 0 Å². The molecule has 0 aliphatic heterocycles. The van der Waals surface area contributed by atoms with Crippen molar-refractivity contribution in [2.45, 2.75) is 46.1 Å². The maximum absolute atomic E-state index is 12.9. The number of H-pyrrole nitrogens is 1. The predicted octanol–water partition coefficient (Wildman–Crippen LogP) is 5.44. The summed E-state index contributed by atoms with van der Waals surface area (Å²) >= 11 is 6.02. The Labute approximate surface area is 170 Å². The maximum atomic E-state index is 12.9. The van der Waals surface area contributed by atoms with Crippen molar-refractivity contribution in [3.63, 3.8) is 0 Å². The Morgan fingerprint density at radius 1 is 1.11 bits per heavy atom. The van der Waals surface area contributed by atoms with Crippen LogP contribution in [0.4, 0.5) is 0 Å². The number of amides is 1. The Bertz CT molecular complexity index is 985. The van der Waals surface area contributed by atoms with E-state index in [9.17, 15) is 4.79 Å². The van der Waals surface area contributed by atoms with Gasteiger partial charge in [-0.25, -0.2) is 4.98 Å². The number of benzene rings is 1. The minimum atomic E-state index is -0.337. The third-order valence-electron chi connectivity index (χ3n) is 4.25. The number of hydrogen-bond donors (Lipinski definition) is 2. The van der Waals surface area contributed by atoms with Crippen molar-refractivity contribution in [2.75, 3.05) is 0 Å². The van der Waals surface area contributed by atoms with Gasteiger partial charge in [0.15, 0.2) is 0 Å². The second-order valence-corrected chi connectivity index (χ2v) is 8.62. The first kappa shape index (κ1) is 20.1. The summed E-state index contributed by atoms with van der Waals surface area (Å²) in [4.78, 5) is 17.6. The topological polar surface area (TPSA) is 70.7 Å². The summed E-state index contributed by atoms with van der Waals surface area (Å²) < 4.78 is 0. The van der Waals surface area contributed by atoms with E-state index in [1.54, 1.807) is 12.1 Å². The van der Waals surface area contributed by atoms with Crippen molar-refractivity contribution in [3.8, 4) is 22.6 Å². The number of carbonyl (C=O) groups is 1. The van der Waals surface area contributed by atoms with E-state index in [-0.39, 0.29) is 17.4 Å². The van der Waals surface area contributed by atoms with Crippen molar-refractivity contribution in [2.24, 2.45) is 0 Å². The summed E-state index contributed by atoms with van der Waals surface area (Å²) in [5, 5.41) is 11.0. The highest BCUT2D eigenvalue weighted by molar-refractivity contribution is 6.30. The first-order valence-electron chi connectivity index (χ1n) is 9.28.